The molecule has 1 saturated heterocycles. The predicted octanol–water partition coefficient (Wildman–Crippen LogP) is 1.07. The fourth-order valence-corrected chi connectivity index (χ4v) is 1.43. The standard InChI is InChI=1S/C8H14BrNO2/c9-4-5-10-8(11)7-3-1-2-6-12-7/h7H,1-6H2,(H,10,11). The Morgan fingerprint density at radius 3 is 3.00 bits per heavy atom. The molecule has 1 rings (SSSR count). The molecule has 1 aliphatic rings. The molecule has 12 heavy (non-hydrogen) atoms. The fraction of sp³-hybridized carbons (Fsp3) is 0.875. The third-order valence-corrected chi connectivity index (χ3v) is 2.26. The van der Waals surface area contributed by atoms with E-state index < -0.39 is 0 Å². The monoisotopic (exact) mass is 235 g/mol. The van der Waals surface area contributed by atoms with Gasteiger partial charge < -0.3 is 10.1 Å². The summed E-state index contributed by atoms with van der Waals surface area (Å²) in [5.74, 6) is 0.0363. The first kappa shape index (κ1) is 9.99. The quantitative estimate of drug-likeness (QED) is 0.744. The van der Waals surface area contributed by atoms with Crippen LogP contribution in [0.5, 0.6) is 0 Å². The van der Waals surface area contributed by atoms with E-state index in [-0.39, 0.29) is 12.0 Å². The number of rotatable bonds is 3. The lowest BCUT2D eigenvalue weighted by atomic mass is 10.1. The molecule has 1 aliphatic heterocycles. The molecule has 0 spiro atoms. The molecule has 0 aromatic carbocycles. The van der Waals surface area contributed by atoms with Crippen molar-refractivity contribution >= 4 is 21.8 Å². The van der Waals surface area contributed by atoms with Crippen LogP contribution in [-0.2, 0) is 9.53 Å². The molecule has 70 valence electrons. The Bertz CT molecular complexity index is 146. The number of amides is 1. The van der Waals surface area contributed by atoms with Crippen molar-refractivity contribution in [2.24, 2.45) is 0 Å². The maximum atomic E-state index is 11.3. The molecular formula is C8H14BrNO2. The molecule has 1 N–H and O–H groups in total. The second-order valence-electron chi connectivity index (χ2n) is 2.84. The minimum absolute atomic E-state index is 0.0363. The molecule has 0 aliphatic carbocycles. The summed E-state index contributed by atoms with van der Waals surface area (Å²) in [6.07, 6.45) is 2.86. The van der Waals surface area contributed by atoms with Crippen molar-refractivity contribution in [2.45, 2.75) is 25.4 Å². The first-order valence-electron chi connectivity index (χ1n) is 4.30. The highest BCUT2D eigenvalue weighted by molar-refractivity contribution is 9.09. The highest BCUT2D eigenvalue weighted by Gasteiger charge is 2.20. The Balaban J connectivity index is 2.20. The molecule has 3 nitrogen and oxygen atoms in total. The summed E-state index contributed by atoms with van der Waals surface area (Å²) in [5.41, 5.74) is 0. The van der Waals surface area contributed by atoms with Crippen molar-refractivity contribution < 1.29 is 9.53 Å². The molecule has 1 unspecified atom stereocenters. The highest BCUT2D eigenvalue weighted by Crippen LogP contribution is 2.12. The third kappa shape index (κ3) is 3.11. The second-order valence-corrected chi connectivity index (χ2v) is 3.63. The normalized spacial score (nSPS) is 23.6. The topological polar surface area (TPSA) is 38.3 Å². The van der Waals surface area contributed by atoms with E-state index in [1.165, 1.54) is 0 Å². The minimum atomic E-state index is -0.196. The van der Waals surface area contributed by atoms with Crippen molar-refractivity contribution in [1.82, 2.24) is 5.32 Å². The van der Waals surface area contributed by atoms with Gasteiger partial charge in [0, 0.05) is 18.5 Å². The average molecular weight is 236 g/mol. The van der Waals surface area contributed by atoms with Crippen molar-refractivity contribution in [2.75, 3.05) is 18.5 Å². The number of hydrogen-bond donors (Lipinski definition) is 1. The summed E-state index contributed by atoms with van der Waals surface area (Å²) in [7, 11) is 0. The van der Waals surface area contributed by atoms with E-state index in [1.807, 2.05) is 0 Å². The van der Waals surface area contributed by atoms with Gasteiger partial charge >= 0.3 is 0 Å². The van der Waals surface area contributed by atoms with E-state index in [0.29, 0.717) is 6.54 Å². The molecular weight excluding hydrogens is 222 g/mol. The lowest BCUT2D eigenvalue weighted by Crippen LogP contribution is -2.39. The van der Waals surface area contributed by atoms with Gasteiger partial charge in [-0.1, -0.05) is 15.9 Å². The van der Waals surface area contributed by atoms with Gasteiger partial charge in [0.2, 0.25) is 5.91 Å². The number of carbonyl (C=O) groups is 1. The van der Waals surface area contributed by atoms with Crippen LogP contribution >= 0.6 is 15.9 Å². The molecule has 1 amide bonds. The Morgan fingerprint density at radius 2 is 2.42 bits per heavy atom. The number of carbonyl (C=O) groups excluding carboxylic acids is 1. The Labute approximate surface area is 81.0 Å². The van der Waals surface area contributed by atoms with E-state index in [0.717, 1.165) is 31.2 Å². The van der Waals surface area contributed by atoms with Gasteiger partial charge in [-0.2, -0.15) is 0 Å². The van der Waals surface area contributed by atoms with Crippen LogP contribution in [-0.4, -0.2) is 30.5 Å². The van der Waals surface area contributed by atoms with Crippen LogP contribution in [0.25, 0.3) is 0 Å². The van der Waals surface area contributed by atoms with Crippen molar-refractivity contribution in [3.05, 3.63) is 0 Å². The Hall–Kier alpha value is -0.0900. The third-order valence-electron chi connectivity index (χ3n) is 1.87. The number of ether oxygens (including phenoxy) is 1. The maximum absolute atomic E-state index is 11.3. The zero-order chi connectivity index (χ0) is 8.81. The van der Waals surface area contributed by atoms with Gasteiger partial charge in [-0.05, 0) is 19.3 Å². The van der Waals surface area contributed by atoms with E-state index in [2.05, 4.69) is 21.2 Å². The van der Waals surface area contributed by atoms with Gasteiger partial charge in [-0.25, -0.2) is 0 Å². The summed E-state index contributed by atoms with van der Waals surface area (Å²) in [6, 6.07) is 0. The smallest absolute Gasteiger partial charge is 0.249 e. The van der Waals surface area contributed by atoms with Crippen LogP contribution in [0.2, 0.25) is 0 Å². The van der Waals surface area contributed by atoms with Gasteiger partial charge in [-0.15, -0.1) is 0 Å². The van der Waals surface area contributed by atoms with Gasteiger partial charge in [-0.3, -0.25) is 4.79 Å². The largest absolute Gasteiger partial charge is 0.368 e. The highest BCUT2D eigenvalue weighted by atomic mass is 79.9. The zero-order valence-corrected chi connectivity index (χ0v) is 8.60. The van der Waals surface area contributed by atoms with Gasteiger partial charge in [0.1, 0.15) is 6.10 Å². The number of nitrogens with one attached hydrogen (secondary N) is 1. The van der Waals surface area contributed by atoms with Gasteiger partial charge in [0.05, 0.1) is 0 Å². The first-order valence-corrected chi connectivity index (χ1v) is 5.42. The van der Waals surface area contributed by atoms with Gasteiger partial charge in [0.25, 0.3) is 0 Å². The number of alkyl halides is 1. The Kier molecular flexibility index (Phi) is 4.61. The molecule has 0 aromatic heterocycles. The molecule has 4 heteroatoms. The van der Waals surface area contributed by atoms with Crippen LogP contribution < -0.4 is 5.32 Å². The summed E-state index contributed by atoms with van der Waals surface area (Å²) in [4.78, 5) is 11.3. The Morgan fingerprint density at radius 1 is 1.58 bits per heavy atom. The summed E-state index contributed by atoms with van der Waals surface area (Å²) in [5, 5.41) is 3.59. The fourth-order valence-electron chi connectivity index (χ4n) is 1.23. The van der Waals surface area contributed by atoms with Crippen LogP contribution in [0.1, 0.15) is 19.3 Å². The lowest BCUT2D eigenvalue weighted by Gasteiger charge is -2.21. The molecule has 1 fully saturated rings. The minimum Gasteiger partial charge on any atom is -0.368 e. The van der Waals surface area contributed by atoms with Crippen LogP contribution in [0.4, 0.5) is 0 Å². The zero-order valence-electron chi connectivity index (χ0n) is 7.01. The second kappa shape index (κ2) is 5.54. The van der Waals surface area contributed by atoms with E-state index in [1.54, 1.807) is 0 Å². The molecule has 1 heterocycles. The van der Waals surface area contributed by atoms with E-state index >= 15 is 0 Å². The molecule has 1 atom stereocenters. The molecule has 0 bridgehead atoms. The van der Waals surface area contributed by atoms with E-state index in [4.69, 9.17) is 4.74 Å². The van der Waals surface area contributed by atoms with Crippen molar-refractivity contribution in [1.29, 1.82) is 0 Å². The number of halogens is 1. The predicted molar refractivity (Wildman–Crippen MR) is 50.4 cm³/mol. The van der Waals surface area contributed by atoms with Gasteiger partial charge in [0.15, 0.2) is 0 Å². The maximum Gasteiger partial charge on any atom is 0.249 e. The molecule has 0 aromatic rings. The SMILES string of the molecule is O=C(NCCBr)C1CCCCO1. The van der Waals surface area contributed by atoms with E-state index in [9.17, 15) is 4.79 Å². The molecule has 0 saturated carbocycles. The summed E-state index contributed by atoms with van der Waals surface area (Å²) in [6.45, 7) is 1.41. The van der Waals surface area contributed by atoms with Crippen LogP contribution in [0.15, 0.2) is 0 Å². The lowest BCUT2D eigenvalue weighted by molar-refractivity contribution is -0.135. The average Bonchev–Trinajstić information content (AvgIpc) is 2.15. The first-order chi connectivity index (χ1) is 5.84. The van der Waals surface area contributed by atoms with Crippen molar-refractivity contribution in [3.63, 3.8) is 0 Å². The number of hydrogen-bond acceptors (Lipinski definition) is 2. The summed E-state index contributed by atoms with van der Waals surface area (Å²) < 4.78 is 5.31. The van der Waals surface area contributed by atoms with Crippen molar-refractivity contribution in [3.8, 4) is 0 Å². The van der Waals surface area contributed by atoms with Crippen LogP contribution in [0, 0.1) is 0 Å². The summed E-state index contributed by atoms with van der Waals surface area (Å²) >= 11 is 3.25. The molecule has 0 radical (unpaired) electrons. The van der Waals surface area contributed by atoms with Crippen LogP contribution in [0.3, 0.4) is 0 Å².